The summed E-state index contributed by atoms with van der Waals surface area (Å²) in [5, 5.41) is 8.59. The number of nitrogens with zero attached hydrogens (tertiary/aromatic N) is 1. The molecule has 1 aromatic carbocycles. The van der Waals surface area contributed by atoms with Gasteiger partial charge in [-0.1, -0.05) is 15.9 Å². The first-order chi connectivity index (χ1) is 10.9. The zero-order chi connectivity index (χ0) is 16.9. The Kier molecular flexibility index (Phi) is 5.73. The molecule has 0 radical (unpaired) electrons. The van der Waals surface area contributed by atoms with Crippen LogP contribution in [0.4, 0.5) is 5.69 Å². The number of halogens is 1. The van der Waals surface area contributed by atoms with Gasteiger partial charge < -0.3 is 5.11 Å². The third kappa shape index (κ3) is 5.33. The third-order valence-corrected chi connectivity index (χ3v) is 4.95. The Bertz CT molecular complexity index is 774. The average Bonchev–Trinajstić information content (AvgIpc) is 2.49. The van der Waals surface area contributed by atoms with Crippen LogP contribution in [-0.4, -0.2) is 24.5 Å². The van der Waals surface area contributed by atoms with Gasteiger partial charge in [-0.25, -0.2) is 8.42 Å². The van der Waals surface area contributed by atoms with E-state index >= 15 is 0 Å². The molecule has 0 spiro atoms. The van der Waals surface area contributed by atoms with Gasteiger partial charge in [0, 0.05) is 16.6 Å². The first kappa shape index (κ1) is 17.4. The number of hydrogen-bond donors (Lipinski definition) is 2. The monoisotopic (exact) mass is 398 g/mol. The van der Waals surface area contributed by atoms with Gasteiger partial charge in [0.25, 0.3) is 10.0 Å². The fourth-order valence-corrected chi connectivity index (χ4v) is 3.19. The van der Waals surface area contributed by atoms with Crippen LogP contribution in [0.1, 0.15) is 18.5 Å². The van der Waals surface area contributed by atoms with Crippen molar-refractivity contribution in [3.05, 3.63) is 52.8 Å². The first-order valence-corrected chi connectivity index (χ1v) is 9.09. The molecule has 0 aliphatic rings. The van der Waals surface area contributed by atoms with E-state index in [-0.39, 0.29) is 11.3 Å². The van der Waals surface area contributed by atoms with Gasteiger partial charge in [-0.15, -0.1) is 0 Å². The lowest BCUT2D eigenvalue weighted by atomic mass is 10.2. The molecule has 0 bridgehead atoms. The first-order valence-electron chi connectivity index (χ1n) is 6.82. The van der Waals surface area contributed by atoms with Crippen molar-refractivity contribution in [2.45, 2.75) is 24.2 Å². The molecule has 1 heterocycles. The summed E-state index contributed by atoms with van der Waals surface area (Å²) in [5.74, 6) is -0.844. The molecule has 0 fully saturated rings. The van der Waals surface area contributed by atoms with Crippen molar-refractivity contribution in [2.75, 3.05) is 4.72 Å². The minimum atomic E-state index is -3.66. The van der Waals surface area contributed by atoms with E-state index in [1.165, 1.54) is 18.3 Å². The Balaban J connectivity index is 2.02. The molecule has 0 saturated carbocycles. The molecule has 23 heavy (non-hydrogen) atoms. The molecule has 0 saturated heterocycles. The van der Waals surface area contributed by atoms with Crippen LogP contribution in [0.15, 0.2) is 52.0 Å². The molecule has 0 atom stereocenters. The number of aliphatic carboxylic acids is 1. The number of anilines is 1. The Morgan fingerprint density at radius 1 is 1.17 bits per heavy atom. The number of sulfonamides is 1. The van der Waals surface area contributed by atoms with Crippen LogP contribution in [0.5, 0.6) is 0 Å². The molecule has 1 aromatic heterocycles. The number of aryl methyl sites for hydroxylation is 1. The molecule has 0 unspecified atom stereocenters. The minimum Gasteiger partial charge on any atom is -0.481 e. The van der Waals surface area contributed by atoms with Crippen LogP contribution in [0.2, 0.25) is 0 Å². The van der Waals surface area contributed by atoms with E-state index in [4.69, 9.17) is 5.11 Å². The maximum absolute atomic E-state index is 12.2. The van der Waals surface area contributed by atoms with Crippen LogP contribution in [-0.2, 0) is 21.2 Å². The summed E-state index contributed by atoms with van der Waals surface area (Å²) in [7, 11) is -3.66. The highest BCUT2D eigenvalue weighted by atomic mass is 79.9. The lowest BCUT2D eigenvalue weighted by Gasteiger charge is -2.08. The number of carboxylic acid groups (broad SMARTS) is 1. The van der Waals surface area contributed by atoms with Crippen LogP contribution < -0.4 is 4.72 Å². The molecule has 2 N–H and O–H groups in total. The van der Waals surface area contributed by atoms with Crippen LogP contribution in [0, 0.1) is 0 Å². The van der Waals surface area contributed by atoms with Crippen LogP contribution in [0.25, 0.3) is 0 Å². The van der Waals surface area contributed by atoms with Gasteiger partial charge in [0.1, 0.15) is 0 Å². The highest BCUT2D eigenvalue weighted by Gasteiger charge is 2.14. The van der Waals surface area contributed by atoms with E-state index in [0.29, 0.717) is 18.5 Å². The lowest BCUT2D eigenvalue weighted by Crippen LogP contribution is -2.13. The molecular weight excluding hydrogens is 384 g/mol. The average molecular weight is 399 g/mol. The summed E-state index contributed by atoms with van der Waals surface area (Å²) < 4.78 is 27.7. The molecule has 2 rings (SSSR count). The second kappa shape index (κ2) is 7.56. The SMILES string of the molecule is O=C(O)CCCc1ccc(NS(=O)(=O)c2ccc(Br)cc2)cn1. The number of benzene rings is 1. The van der Waals surface area contributed by atoms with E-state index < -0.39 is 16.0 Å². The normalized spacial score (nSPS) is 11.2. The molecule has 0 aliphatic carbocycles. The molecule has 122 valence electrons. The number of nitrogens with one attached hydrogen (secondary N) is 1. The quantitative estimate of drug-likeness (QED) is 0.746. The van der Waals surface area contributed by atoms with Crippen LogP contribution in [0.3, 0.4) is 0 Å². The Hall–Kier alpha value is -1.93. The van der Waals surface area contributed by atoms with Crippen LogP contribution >= 0.6 is 15.9 Å². The summed E-state index contributed by atoms with van der Waals surface area (Å²) >= 11 is 3.25. The molecular formula is C15H15BrN2O4S. The zero-order valence-corrected chi connectivity index (χ0v) is 14.5. The standard InChI is InChI=1S/C15H15BrN2O4S/c16-11-4-8-14(9-5-11)23(21,22)18-13-7-6-12(17-10-13)2-1-3-15(19)20/h4-10,18H,1-3H2,(H,19,20). The Morgan fingerprint density at radius 2 is 1.87 bits per heavy atom. The zero-order valence-electron chi connectivity index (χ0n) is 12.1. The van der Waals surface area contributed by atoms with Crippen molar-refractivity contribution in [1.82, 2.24) is 4.98 Å². The van der Waals surface area contributed by atoms with Gasteiger partial charge >= 0.3 is 5.97 Å². The molecule has 6 nitrogen and oxygen atoms in total. The minimum absolute atomic E-state index is 0.0830. The number of aromatic nitrogens is 1. The molecule has 0 amide bonds. The van der Waals surface area contributed by atoms with Crippen molar-refractivity contribution in [2.24, 2.45) is 0 Å². The number of hydrogen-bond acceptors (Lipinski definition) is 4. The van der Waals surface area contributed by atoms with E-state index in [2.05, 4.69) is 25.6 Å². The molecule has 0 aliphatic heterocycles. The van der Waals surface area contributed by atoms with Gasteiger partial charge in [0.15, 0.2) is 0 Å². The lowest BCUT2D eigenvalue weighted by molar-refractivity contribution is -0.137. The van der Waals surface area contributed by atoms with E-state index in [0.717, 1.165) is 10.2 Å². The number of carboxylic acids is 1. The third-order valence-electron chi connectivity index (χ3n) is 3.02. The van der Waals surface area contributed by atoms with Crippen molar-refractivity contribution in [1.29, 1.82) is 0 Å². The van der Waals surface area contributed by atoms with Gasteiger partial charge in [-0.3, -0.25) is 14.5 Å². The summed E-state index contributed by atoms with van der Waals surface area (Å²) in [5.41, 5.74) is 1.08. The highest BCUT2D eigenvalue weighted by Crippen LogP contribution is 2.18. The van der Waals surface area contributed by atoms with Crippen molar-refractivity contribution in [3.8, 4) is 0 Å². The second-order valence-corrected chi connectivity index (χ2v) is 7.44. The van der Waals surface area contributed by atoms with E-state index in [1.807, 2.05) is 0 Å². The number of pyridine rings is 1. The van der Waals surface area contributed by atoms with Gasteiger partial charge in [0.2, 0.25) is 0 Å². The number of rotatable bonds is 7. The Labute approximate surface area is 142 Å². The van der Waals surface area contributed by atoms with Gasteiger partial charge in [-0.2, -0.15) is 0 Å². The van der Waals surface area contributed by atoms with Gasteiger partial charge in [0.05, 0.1) is 16.8 Å². The van der Waals surface area contributed by atoms with Gasteiger partial charge in [-0.05, 0) is 49.2 Å². The number of carbonyl (C=O) groups is 1. The molecule has 2 aromatic rings. The predicted molar refractivity (Wildman–Crippen MR) is 89.8 cm³/mol. The summed E-state index contributed by atoms with van der Waals surface area (Å²) in [6.45, 7) is 0. The maximum atomic E-state index is 12.2. The fraction of sp³-hybridized carbons (Fsp3) is 0.200. The molecule has 8 heteroatoms. The van der Waals surface area contributed by atoms with Crippen molar-refractivity contribution < 1.29 is 18.3 Å². The predicted octanol–water partition coefficient (Wildman–Crippen LogP) is 3.05. The van der Waals surface area contributed by atoms with E-state index in [1.54, 1.807) is 24.3 Å². The highest BCUT2D eigenvalue weighted by molar-refractivity contribution is 9.10. The maximum Gasteiger partial charge on any atom is 0.303 e. The van der Waals surface area contributed by atoms with E-state index in [9.17, 15) is 13.2 Å². The Morgan fingerprint density at radius 3 is 2.43 bits per heavy atom. The largest absolute Gasteiger partial charge is 0.481 e. The summed E-state index contributed by atoms with van der Waals surface area (Å²) in [6, 6.07) is 9.59. The van der Waals surface area contributed by atoms with Crippen molar-refractivity contribution in [3.63, 3.8) is 0 Å². The fourth-order valence-electron chi connectivity index (χ4n) is 1.88. The smallest absolute Gasteiger partial charge is 0.303 e. The summed E-state index contributed by atoms with van der Waals surface area (Å²) in [6.07, 6.45) is 2.53. The topological polar surface area (TPSA) is 96.4 Å². The second-order valence-electron chi connectivity index (χ2n) is 4.84. The van der Waals surface area contributed by atoms with Crippen molar-refractivity contribution >= 4 is 37.6 Å². The summed E-state index contributed by atoms with van der Waals surface area (Å²) in [4.78, 5) is 14.8.